The first-order chi connectivity index (χ1) is 17.7. The molecule has 4 aromatic rings. The molecule has 2 heterocycles. The molecule has 37 heavy (non-hydrogen) atoms. The lowest BCUT2D eigenvalue weighted by Gasteiger charge is -2.15. The van der Waals surface area contributed by atoms with Crippen molar-refractivity contribution in [3.63, 3.8) is 0 Å². The molecule has 0 radical (unpaired) electrons. The summed E-state index contributed by atoms with van der Waals surface area (Å²) in [5, 5.41) is 0. The quantitative estimate of drug-likeness (QED) is 0.284. The van der Waals surface area contributed by atoms with Crippen LogP contribution in [0.2, 0.25) is 0 Å². The molecule has 0 saturated carbocycles. The number of nitrogens with zero attached hydrogens (tertiary/aromatic N) is 1. The summed E-state index contributed by atoms with van der Waals surface area (Å²) in [6, 6.07) is 12.6. The van der Waals surface area contributed by atoms with E-state index in [0.29, 0.717) is 23.2 Å². The highest BCUT2D eigenvalue weighted by Gasteiger charge is 2.31. The predicted octanol–water partition coefficient (Wildman–Crippen LogP) is 6.75. The fourth-order valence-electron chi connectivity index (χ4n) is 5.76. The molecule has 2 unspecified atom stereocenters. The number of Topliss-reactive ketones (excluding diaryl/α,β-unsaturated/α-hetero) is 1. The van der Waals surface area contributed by atoms with Gasteiger partial charge in [-0.15, -0.1) is 0 Å². The fourth-order valence-corrected chi connectivity index (χ4v) is 5.76. The standard InChI is InChI=1S/C32H37N3O2/c1-18(2)6-9-23-15-25-16-27-28(17-26(25)30(23)36)35-31(34-27)29-22(10-11-33-32(29)37)13-20(4)14-24-12-19(3)7-8-21(24)5/h7-8,10-12,16-18,20,23H,6,9,13-15H2,1-5H3,(H,33,37)(H,34,35). The normalized spacial score (nSPS) is 16.1. The van der Waals surface area contributed by atoms with Crippen LogP contribution in [-0.4, -0.2) is 20.7 Å². The summed E-state index contributed by atoms with van der Waals surface area (Å²) in [5.41, 5.74) is 8.85. The molecule has 2 aromatic heterocycles. The Morgan fingerprint density at radius 2 is 1.78 bits per heavy atom. The minimum Gasteiger partial charge on any atom is -0.338 e. The summed E-state index contributed by atoms with van der Waals surface area (Å²) in [6.45, 7) is 10.9. The topological polar surface area (TPSA) is 78.6 Å². The third kappa shape index (κ3) is 5.18. The van der Waals surface area contributed by atoms with Gasteiger partial charge in [0.1, 0.15) is 5.82 Å². The van der Waals surface area contributed by atoms with Crippen LogP contribution in [0.1, 0.15) is 71.8 Å². The molecule has 0 fully saturated rings. The van der Waals surface area contributed by atoms with Crippen LogP contribution in [0, 0.1) is 31.6 Å². The molecule has 1 aliphatic carbocycles. The fraction of sp³-hybridized carbons (Fsp3) is 0.406. The highest BCUT2D eigenvalue weighted by molar-refractivity contribution is 6.05. The molecular formula is C32H37N3O2. The van der Waals surface area contributed by atoms with E-state index in [2.05, 4.69) is 68.9 Å². The molecule has 5 nitrogen and oxygen atoms in total. The van der Waals surface area contributed by atoms with Crippen molar-refractivity contribution in [2.24, 2.45) is 17.8 Å². The Morgan fingerprint density at radius 1 is 1.00 bits per heavy atom. The van der Waals surface area contributed by atoms with Crippen LogP contribution in [0.5, 0.6) is 0 Å². The number of imidazole rings is 1. The van der Waals surface area contributed by atoms with Crippen LogP contribution in [0.3, 0.4) is 0 Å². The molecule has 0 bridgehead atoms. The average molecular weight is 496 g/mol. The van der Waals surface area contributed by atoms with Gasteiger partial charge in [0.2, 0.25) is 0 Å². The number of carbonyl (C=O) groups excluding carboxylic acids is 1. The lowest BCUT2D eigenvalue weighted by Crippen LogP contribution is -2.15. The highest BCUT2D eigenvalue weighted by Crippen LogP contribution is 2.34. The van der Waals surface area contributed by atoms with Crippen LogP contribution in [-0.2, 0) is 19.3 Å². The van der Waals surface area contributed by atoms with Crippen LogP contribution >= 0.6 is 0 Å². The molecule has 0 saturated heterocycles. The first-order valence-corrected chi connectivity index (χ1v) is 13.5. The van der Waals surface area contributed by atoms with Crippen molar-refractivity contribution in [3.05, 3.63) is 86.3 Å². The van der Waals surface area contributed by atoms with Crippen LogP contribution < -0.4 is 5.56 Å². The summed E-state index contributed by atoms with van der Waals surface area (Å²) in [5.74, 6) is 1.83. The molecule has 5 rings (SSSR count). The number of ketones is 1. The SMILES string of the molecule is Cc1ccc(C)c(CC(C)Cc2cc[nH]c(=O)c2-c2nc3cc4c(cc3[nH]2)CC(CCC(C)C)C4=O)c1. The maximum Gasteiger partial charge on any atom is 0.259 e. The predicted molar refractivity (Wildman–Crippen MR) is 150 cm³/mol. The number of rotatable bonds is 8. The molecule has 0 spiro atoms. The molecule has 0 aliphatic heterocycles. The van der Waals surface area contributed by atoms with Crippen LogP contribution in [0.15, 0.2) is 47.4 Å². The van der Waals surface area contributed by atoms with Crippen molar-refractivity contribution in [1.82, 2.24) is 15.0 Å². The molecule has 1 aliphatic rings. The average Bonchev–Trinajstić information content (AvgIpc) is 3.38. The van der Waals surface area contributed by atoms with Gasteiger partial charge in [0.05, 0.1) is 16.6 Å². The van der Waals surface area contributed by atoms with Crippen LogP contribution in [0.4, 0.5) is 0 Å². The third-order valence-electron chi connectivity index (χ3n) is 7.83. The van der Waals surface area contributed by atoms with Gasteiger partial charge in [-0.1, -0.05) is 51.0 Å². The maximum absolute atomic E-state index is 13.1. The number of H-pyrrole nitrogens is 2. The van der Waals surface area contributed by atoms with E-state index in [0.717, 1.165) is 59.8 Å². The summed E-state index contributed by atoms with van der Waals surface area (Å²) < 4.78 is 0. The Balaban J connectivity index is 1.42. The second kappa shape index (κ2) is 10.1. The number of hydrogen-bond donors (Lipinski definition) is 2. The number of nitrogens with one attached hydrogen (secondary N) is 2. The Labute approximate surface area is 218 Å². The Kier molecular flexibility index (Phi) is 6.89. The van der Waals surface area contributed by atoms with E-state index < -0.39 is 0 Å². The van der Waals surface area contributed by atoms with Gasteiger partial charge < -0.3 is 9.97 Å². The van der Waals surface area contributed by atoms with Gasteiger partial charge in [-0.2, -0.15) is 0 Å². The first-order valence-electron chi connectivity index (χ1n) is 13.5. The second-order valence-electron chi connectivity index (χ2n) is 11.5. The molecule has 2 aromatic carbocycles. The summed E-state index contributed by atoms with van der Waals surface area (Å²) >= 11 is 0. The summed E-state index contributed by atoms with van der Waals surface area (Å²) in [6.07, 6.45) is 6.23. The highest BCUT2D eigenvalue weighted by atomic mass is 16.1. The lowest BCUT2D eigenvalue weighted by molar-refractivity contribution is 0.0927. The van der Waals surface area contributed by atoms with E-state index in [-0.39, 0.29) is 17.3 Å². The van der Waals surface area contributed by atoms with E-state index >= 15 is 0 Å². The van der Waals surface area contributed by atoms with Gasteiger partial charge in [-0.3, -0.25) is 9.59 Å². The number of aryl methyl sites for hydroxylation is 2. The molecule has 2 atom stereocenters. The van der Waals surface area contributed by atoms with Gasteiger partial charge in [0, 0.05) is 17.7 Å². The zero-order valence-electron chi connectivity index (χ0n) is 22.6. The van der Waals surface area contributed by atoms with Crippen molar-refractivity contribution in [1.29, 1.82) is 0 Å². The van der Waals surface area contributed by atoms with Gasteiger partial charge >= 0.3 is 0 Å². The maximum atomic E-state index is 13.1. The number of benzene rings is 2. The van der Waals surface area contributed by atoms with Crippen molar-refractivity contribution in [3.8, 4) is 11.4 Å². The zero-order valence-corrected chi connectivity index (χ0v) is 22.6. The summed E-state index contributed by atoms with van der Waals surface area (Å²) in [7, 11) is 0. The van der Waals surface area contributed by atoms with E-state index in [1.807, 2.05) is 12.1 Å². The molecule has 192 valence electrons. The Bertz CT molecular complexity index is 1530. The second-order valence-corrected chi connectivity index (χ2v) is 11.5. The zero-order chi connectivity index (χ0) is 26.3. The largest absolute Gasteiger partial charge is 0.338 e. The Morgan fingerprint density at radius 3 is 2.57 bits per heavy atom. The number of hydrogen-bond acceptors (Lipinski definition) is 3. The molecule has 2 N–H and O–H groups in total. The first kappa shape index (κ1) is 25.2. The van der Waals surface area contributed by atoms with Gasteiger partial charge in [-0.25, -0.2) is 4.98 Å². The number of aromatic amines is 2. The van der Waals surface area contributed by atoms with Crippen molar-refractivity contribution >= 4 is 16.8 Å². The molecule has 5 heteroatoms. The van der Waals surface area contributed by atoms with Gasteiger partial charge in [0.15, 0.2) is 5.78 Å². The number of pyridine rings is 1. The number of aromatic nitrogens is 3. The number of carbonyl (C=O) groups is 1. The Hall–Kier alpha value is -3.47. The van der Waals surface area contributed by atoms with E-state index in [1.165, 1.54) is 16.7 Å². The van der Waals surface area contributed by atoms with E-state index in [4.69, 9.17) is 4.98 Å². The van der Waals surface area contributed by atoms with Gasteiger partial charge in [0.25, 0.3) is 5.56 Å². The lowest BCUT2D eigenvalue weighted by atomic mass is 9.90. The summed E-state index contributed by atoms with van der Waals surface area (Å²) in [4.78, 5) is 37.1. The monoisotopic (exact) mass is 495 g/mol. The number of fused-ring (bicyclic) bond motifs is 2. The van der Waals surface area contributed by atoms with Gasteiger partial charge in [-0.05, 0) is 91.8 Å². The smallest absolute Gasteiger partial charge is 0.259 e. The minimum absolute atomic E-state index is 0.0745. The minimum atomic E-state index is -0.146. The van der Waals surface area contributed by atoms with Crippen molar-refractivity contribution < 1.29 is 4.79 Å². The van der Waals surface area contributed by atoms with E-state index in [1.54, 1.807) is 6.20 Å². The van der Waals surface area contributed by atoms with Crippen molar-refractivity contribution in [2.75, 3.05) is 0 Å². The molecule has 0 amide bonds. The van der Waals surface area contributed by atoms with E-state index in [9.17, 15) is 9.59 Å². The van der Waals surface area contributed by atoms with Crippen molar-refractivity contribution in [2.45, 2.75) is 66.7 Å². The van der Waals surface area contributed by atoms with Crippen LogP contribution in [0.25, 0.3) is 22.4 Å². The molecular weight excluding hydrogens is 458 g/mol. The third-order valence-corrected chi connectivity index (χ3v) is 7.83.